The molecule has 0 aromatic carbocycles. The van der Waals surface area contributed by atoms with E-state index in [0.717, 1.165) is 24.3 Å². The molecule has 0 radical (unpaired) electrons. The van der Waals surface area contributed by atoms with Gasteiger partial charge in [0.25, 0.3) is 0 Å². The fourth-order valence-corrected chi connectivity index (χ4v) is 3.24. The topological polar surface area (TPSA) is 94.6 Å². The Bertz CT molecular complexity index is 531. The van der Waals surface area contributed by atoms with Crippen molar-refractivity contribution in [3.63, 3.8) is 0 Å². The minimum absolute atomic E-state index is 0.222. The first-order valence-corrected chi connectivity index (χ1v) is 7.70. The lowest BCUT2D eigenvalue weighted by molar-refractivity contribution is 0.0701. The van der Waals surface area contributed by atoms with E-state index in [2.05, 4.69) is 27.6 Å². The second kappa shape index (κ2) is 6.86. The molecule has 1 saturated heterocycles. The maximum absolute atomic E-state index is 11.7. The van der Waals surface area contributed by atoms with Crippen LogP contribution < -0.4 is 10.6 Å². The minimum Gasteiger partial charge on any atom is -0.477 e. The summed E-state index contributed by atoms with van der Waals surface area (Å²) in [6, 6.07) is 0.150. The number of thiazole rings is 1. The molecule has 1 atom stereocenters. The summed E-state index contributed by atoms with van der Waals surface area (Å²) in [5.41, 5.74) is 0.484. The van der Waals surface area contributed by atoms with Crippen molar-refractivity contribution in [2.24, 2.45) is 0 Å². The highest BCUT2D eigenvalue weighted by atomic mass is 32.1. The van der Waals surface area contributed by atoms with Crippen molar-refractivity contribution in [1.29, 1.82) is 0 Å². The molecule has 0 spiro atoms. The van der Waals surface area contributed by atoms with Gasteiger partial charge in [-0.1, -0.05) is 0 Å². The van der Waals surface area contributed by atoms with Crippen LogP contribution in [0.3, 0.4) is 0 Å². The Kier molecular flexibility index (Phi) is 5.13. The highest BCUT2D eigenvalue weighted by Gasteiger charge is 2.21. The summed E-state index contributed by atoms with van der Waals surface area (Å²) in [5, 5.41) is 15.1. The first kappa shape index (κ1) is 15.7. The molecule has 2 heterocycles. The van der Waals surface area contributed by atoms with Crippen LogP contribution in [-0.2, 0) is 6.54 Å². The molecule has 0 aliphatic carbocycles. The number of aromatic nitrogens is 1. The number of hydrogen-bond acceptors (Lipinski definition) is 5. The molecule has 21 heavy (non-hydrogen) atoms. The van der Waals surface area contributed by atoms with E-state index in [4.69, 9.17) is 5.11 Å². The lowest BCUT2D eigenvalue weighted by Crippen LogP contribution is -2.42. The van der Waals surface area contributed by atoms with Crippen LogP contribution in [0.2, 0.25) is 0 Å². The zero-order valence-corrected chi connectivity index (χ0v) is 13.0. The Morgan fingerprint density at radius 1 is 1.48 bits per heavy atom. The van der Waals surface area contributed by atoms with E-state index in [1.165, 1.54) is 6.42 Å². The molecule has 1 unspecified atom stereocenters. The van der Waals surface area contributed by atoms with Crippen LogP contribution in [0.15, 0.2) is 0 Å². The lowest BCUT2D eigenvalue weighted by Gasteiger charge is -2.19. The maximum Gasteiger partial charge on any atom is 0.347 e. The number of likely N-dealkylation sites (N-methyl/N-ethyl adjacent to an activating group) is 1. The van der Waals surface area contributed by atoms with Crippen LogP contribution in [-0.4, -0.2) is 53.2 Å². The first-order chi connectivity index (χ1) is 9.97. The van der Waals surface area contributed by atoms with Gasteiger partial charge in [0, 0.05) is 12.6 Å². The highest BCUT2D eigenvalue weighted by molar-refractivity contribution is 7.13. The summed E-state index contributed by atoms with van der Waals surface area (Å²) >= 11 is 1.09. The van der Waals surface area contributed by atoms with Gasteiger partial charge in [0.1, 0.15) is 9.88 Å². The average molecular weight is 312 g/mol. The first-order valence-electron chi connectivity index (χ1n) is 6.89. The number of nitrogens with one attached hydrogen (secondary N) is 2. The number of aromatic carboxylic acids is 1. The van der Waals surface area contributed by atoms with E-state index >= 15 is 0 Å². The number of urea groups is 1. The molecule has 3 N–H and O–H groups in total. The highest BCUT2D eigenvalue weighted by Crippen LogP contribution is 2.17. The van der Waals surface area contributed by atoms with Gasteiger partial charge < -0.3 is 20.6 Å². The van der Waals surface area contributed by atoms with E-state index in [1.807, 2.05) is 0 Å². The van der Waals surface area contributed by atoms with Crippen molar-refractivity contribution >= 4 is 23.3 Å². The number of aryl methyl sites for hydroxylation is 1. The molecule has 2 amide bonds. The molecule has 1 fully saturated rings. The third-order valence-electron chi connectivity index (χ3n) is 3.61. The van der Waals surface area contributed by atoms with E-state index in [-0.39, 0.29) is 17.5 Å². The quantitative estimate of drug-likeness (QED) is 0.755. The van der Waals surface area contributed by atoms with Gasteiger partial charge >= 0.3 is 12.0 Å². The number of rotatable bonds is 5. The molecular formula is C13H20N4O3S. The van der Waals surface area contributed by atoms with Gasteiger partial charge in [0.2, 0.25) is 0 Å². The number of carbonyl (C=O) groups excluding carboxylic acids is 1. The van der Waals surface area contributed by atoms with Crippen molar-refractivity contribution in [3.05, 3.63) is 15.6 Å². The standard InChI is InChI=1S/C13H20N4O3S/c1-8-11(12(18)19)21-10(16-8)7-15-13(20)14-6-9-4-3-5-17(9)2/h9H,3-7H2,1-2H3,(H,18,19)(H2,14,15,20). The van der Waals surface area contributed by atoms with Crippen LogP contribution in [0.5, 0.6) is 0 Å². The number of nitrogens with zero attached hydrogens (tertiary/aromatic N) is 2. The molecular weight excluding hydrogens is 292 g/mol. The zero-order valence-electron chi connectivity index (χ0n) is 12.2. The van der Waals surface area contributed by atoms with Crippen LogP contribution in [0.1, 0.15) is 33.2 Å². The number of carbonyl (C=O) groups is 2. The van der Waals surface area contributed by atoms with Gasteiger partial charge in [-0.15, -0.1) is 11.3 Å². The summed E-state index contributed by atoms with van der Waals surface area (Å²) in [6.07, 6.45) is 2.27. The Balaban J connectivity index is 1.76. The molecule has 0 bridgehead atoms. The van der Waals surface area contributed by atoms with Crippen molar-refractivity contribution in [1.82, 2.24) is 20.5 Å². The summed E-state index contributed by atoms with van der Waals surface area (Å²) in [4.78, 5) is 29.2. The Hall–Kier alpha value is -1.67. The summed E-state index contributed by atoms with van der Waals surface area (Å²) in [5.74, 6) is -0.982. The molecule has 1 aliphatic rings. The molecule has 0 saturated carbocycles. The van der Waals surface area contributed by atoms with E-state index < -0.39 is 5.97 Å². The van der Waals surface area contributed by atoms with Gasteiger partial charge in [0.05, 0.1) is 12.2 Å². The summed E-state index contributed by atoms with van der Waals surface area (Å²) < 4.78 is 0. The normalized spacial score (nSPS) is 18.7. The van der Waals surface area contributed by atoms with Crippen LogP contribution in [0.25, 0.3) is 0 Å². The minimum atomic E-state index is -0.982. The third-order valence-corrected chi connectivity index (χ3v) is 4.75. The smallest absolute Gasteiger partial charge is 0.347 e. The lowest BCUT2D eigenvalue weighted by atomic mass is 10.2. The van der Waals surface area contributed by atoms with Crippen molar-refractivity contribution in [3.8, 4) is 0 Å². The number of carboxylic acids is 1. The third kappa shape index (κ3) is 4.15. The Morgan fingerprint density at radius 2 is 2.24 bits per heavy atom. The number of amides is 2. The predicted molar refractivity (Wildman–Crippen MR) is 79.7 cm³/mol. The van der Waals surface area contributed by atoms with Gasteiger partial charge in [0.15, 0.2) is 0 Å². The monoisotopic (exact) mass is 312 g/mol. The molecule has 116 valence electrons. The van der Waals surface area contributed by atoms with Crippen molar-refractivity contribution in [2.45, 2.75) is 32.4 Å². The van der Waals surface area contributed by atoms with Crippen molar-refractivity contribution in [2.75, 3.05) is 20.1 Å². The Morgan fingerprint density at radius 3 is 2.81 bits per heavy atom. The molecule has 2 rings (SSSR count). The molecule has 8 heteroatoms. The van der Waals surface area contributed by atoms with Gasteiger partial charge in [-0.25, -0.2) is 14.6 Å². The maximum atomic E-state index is 11.7. The second-order valence-electron chi connectivity index (χ2n) is 5.17. The number of likely N-dealkylation sites (tertiary alicyclic amines) is 1. The molecule has 7 nitrogen and oxygen atoms in total. The SMILES string of the molecule is Cc1nc(CNC(=O)NCC2CCCN2C)sc1C(=O)O. The molecule has 1 aromatic rings. The number of hydrogen-bond donors (Lipinski definition) is 3. The van der Waals surface area contributed by atoms with Crippen LogP contribution in [0.4, 0.5) is 4.79 Å². The number of carboxylic acid groups (broad SMARTS) is 1. The largest absolute Gasteiger partial charge is 0.477 e. The van der Waals surface area contributed by atoms with Gasteiger partial charge in [-0.05, 0) is 33.4 Å². The van der Waals surface area contributed by atoms with E-state index in [9.17, 15) is 9.59 Å². The predicted octanol–water partition coefficient (Wildman–Crippen LogP) is 1.04. The molecule has 1 aliphatic heterocycles. The van der Waals surface area contributed by atoms with Crippen LogP contribution >= 0.6 is 11.3 Å². The fourth-order valence-electron chi connectivity index (χ4n) is 2.39. The van der Waals surface area contributed by atoms with E-state index in [0.29, 0.717) is 23.3 Å². The Labute approximate surface area is 127 Å². The molecule has 1 aromatic heterocycles. The van der Waals surface area contributed by atoms with Crippen LogP contribution in [0, 0.1) is 6.92 Å². The zero-order chi connectivity index (χ0) is 15.4. The summed E-state index contributed by atoms with van der Waals surface area (Å²) in [7, 11) is 2.06. The van der Waals surface area contributed by atoms with Gasteiger partial charge in [-0.2, -0.15) is 0 Å². The van der Waals surface area contributed by atoms with E-state index in [1.54, 1.807) is 6.92 Å². The summed E-state index contributed by atoms with van der Waals surface area (Å²) in [6.45, 7) is 3.59. The fraction of sp³-hybridized carbons (Fsp3) is 0.615. The van der Waals surface area contributed by atoms with Gasteiger partial charge in [-0.3, -0.25) is 0 Å². The average Bonchev–Trinajstić information content (AvgIpc) is 3.00. The van der Waals surface area contributed by atoms with Crippen molar-refractivity contribution < 1.29 is 14.7 Å². The second-order valence-corrected chi connectivity index (χ2v) is 6.25.